The number of benzene rings is 1. The van der Waals surface area contributed by atoms with Crippen LogP contribution < -0.4 is 9.64 Å². The summed E-state index contributed by atoms with van der Waals surface area (Å²) in [7, 11) is 1.33. The van der Waals surface area contributed by atoms with Crippen molar-refractivity contribution < 1.29 is 27.9 Å². The van der Waals surface area contributed by atoms with Gasteiger partial charge in [-0.2, -0.15) is 0 Å². The summed E-state index contributed by atoms with van der Waals surface area (Å²) < 4.78 is 32.3. The number of nitrogens with zero attached hydrogens (tertiary/aromatic N) is 3. The third-order valence-corrected chi connectivity index (χ3v) is 3.95. The third-order valence-electron chi connectivity index (χ3n) is 3.95. The van der Waals surface area contributed by atoms with Crippen LogP contribution in [-0.4, -0.2) is 60.4 Å². The summed E-state index contributed by atoms with van der Waals surface area (Å²) in [6.45, 7) is 1.29. The number of urea groups is 1. The van der Waals surface area contributed by atoms with Crippen LogP contribution >= 0.6 is 0 Å². The van der Waals surface area contributed by atoms with Gasteiger partial charge >= 0.3 is 6.03 Å². The van der Waals surface area contributed by atoms with Crippen molar-refractivity contribution in [2.24, 2.45) is 0 Å². The molecule has 1 aromatic rings. The fourth-order valence-electron chi connectivity index (χ4n) is 2.70. The Hall–Kier alpha value is -2.71. The number of ether oxygens (including phenoxy) is 1. The van der Waals surface area contributed by atoms with Crippen molar-refractivity contribution in [2.75, 3.05) is 31.6 Å². The molecule has 7 nitrogen and oxygen atoms in total. The second-order valence-electron chi connectivity index (χ2n) is 5.76. The van der Waals surface area contributed by atoms with Crippen LogP contribution in [0.25, 0.3) is 0 Å². The normalized spacial score (nSPS) is 20.3. The van der Waals surface area contributed by atoms with Gasteiger partial charge in [0.25, 0.3) is 0 Å². The number of hydrogen-bond acceptors (Lipinski definition) is 4. The van der Waals surface area contributed by atoms with Gasteiger partial charge in [-0.3, -0.25) is 14.5 Å². The molecule has 0 aliphatic carbocycles. The number of fused-ring (bicyclic) bond motifs is 1. The van der Waals surface area contributed by atoms with Crippen LogP contribution in [0.3, 0.4) is 0 Å². The highest BCUT2D eigenvalue weighted by Crippen LogP contribution is 2.35. The van der Waals surface area contributed by atoms with E-state index in [4.69, 9.17) is 4.74 Å². The summed E-state index contributed by atoms with van der Waals surface area (Å²) in [5.74, 6) is -3.03. The summed E-state index contributed by atoms with van der Waals surface area (Å²) in [4.78, 5) is 39.2. The molecule has 4 amide bonds. The first kappa shape index (κ1) is 16.2. The number of hydrogen-bond donors (Lipinski definition) is 0. The number of rotatable bonds is 2. The zero-order valence-corrected chi connectivity index (χ0v) is 13.1. The van der Waals surface area contributed by atoms with Gasteiger partial charge in [0.05, 0.1) is 12.2 Å². The molecule has 1 unspecified atom stereocenters. The molecule has 2 heterocycles. The van der Waals surface area contributed by atoms with Gasteiger partial charge in [-0.1, -0.05) is 0 Å². The van der Waals surface area contributed by atoms with E-state index in [1.165, 1.54) is 11.9 Å². The Morgan fingerprint density at radius 2 is 1.96 bits per heavy atom. The van der Waals surface area contributed by atoms with E-state index in [1.807, 2.05) is 0 Å². The Kier molecular flexibility index (Phi) is 3.86. The number of carbonyl (C=O) groups excluding carboxylic acids is 3. The van der Waals surface area contributed by atoms with Crippen molar-refractivity contribution in [3.05, 3.63) is 23.8 Å². The van der Waals surface area contributed by atoms with Gasteiger partial charge < -0.3 is 14.5 Å². The minimum atomic E-state index is -1.10. The molecule has 2 aliphatic heterocycles. The van der Waals surface area contributed by atoms with Crippen LogP contribution in [0.1, 0.15) is 6.92 Å². The minimum absolute atomic E-state index is 0.0574. The van der Waals surface area contributed by atoms with Crippen molar-refractivity contribution in [1.82, 2.24) is 9.80 Å². The second kappa shape index (κ2) is 5.73. The summed E-state index contributed by atoms with van der Waals surface area (Å²) in [5, 5.41) is 0. The summed E-state index contributed by atoms with van der Waals surface area (Å²) in [6, 6.07) is 1.20. The molecule has 0 aromatic heterocycles. The van der Waals surface area contributed by atoms with Gasteiger partial charge in [-0.25, -0.2) is 13.6 Å². The van der Waals surface area contributed by atoms with E-state index in [2.05, 4.69) is 0 Å². The SMILES string of the molecule is CC1CN(C(=O)CN2CC(=O)N(C)C2=O)c2cc(F)c(F)cc2O1. The molecule has 128 valence electrons. The smallest absolute Gasteiger partial charge is 0.327 e. The lowest BCUT2D eigenvalue weighted by atomic mass is 10.2. The van der Waals surface area contributed by atoms with Crippen molar-refractivity contribution in [1.29, 1.82) is 0 Å². The average Bonchev–Trinajstić information content (AvgIpc) is 2.75. The van der Waals surface area contributed by atoms with E-state index < -0.39 is 35.6 Å². The number of likely N-dealkylation sites (N-methyl/N-ethyl adjacent to an activating group) is 1. The lowest BCUT2D eigenvalue weighted by Gasteiger charge is -2.34. The Labute approximate surface area is 136 Å². The Morgan fingerprint density at radius 1 is 1.29 bits per heavy atom. The molecule has 0 saturated carbocycles. The number of halogens is 2. The van der Waals surface area contributed by atoms with Crippen molar-refractivity contribution >= 4 is 23.5 Å². The topological polar surface area (TPSA) is 70.2 Å². The van der Waals surface area contributed by atoms with Gasteiger partial charge in [0.15, 0.2) is 11.6 Å². The lowest BCUT2D eigenvalue weighted by Crippen LogP contribution is -2.47. The minimum Gasteiger partial charge on any atom is -0.487 e. The molecule has 9 heteroatoms. The van der Waals surface area contributed by atoms with E-state index in [0.717, 1.165) is 21.9 Å². The monoisotopic (exact) mass is 339 g/mol. The summed E-state index contributed by atoms with van der Waals surface area (Å²) in [5.41, 5.74) is 0.100. The number of carbonyl (C=O) groups is 3. The van der Waals surface area contributed by atoms with Crippen molar-refractivity contribution in [3.63, 3.8) is 0 Å². The van der Waals surface area contributed by atoms with Gasteiger partial charge in [0.1, 0.15) is 24.9 Å². The van der Waals surface area contributed by atoms with Gasteiger partial charge in [0, 0.05) is 19.2 Å². The van der Waals surface area contributed by atoms with E-state index in [0.29, 0.717) is 0 Å². The van der Waals surface area contributed by atoms with E-state index >= 15 is 0 Å². The maximum Gasteiger partial charge on any atom is 0.327 e. The molecule has 0 radical (unpaired) electrons. The number of imide groups is 1. The Bertz CT molecular complexity index is 740. The van der Waals surface area contributed by atoms with Crippen LogP contribution in [0, 0.1) is 11.6 Å². The fraction of sp³-hybridized carbons (Fsp3) is 0.400. The molecule has 1 atom stereocenters. The molecule has 1 saturated heterocycles. The average molecular weight is 339 g/mol. The number of anilines is 1. The van der Waals surface area contributed by atoms with E-state index in [9.17, 15) is 23.2 Å². The largest absolute Gasteiger partial charge is 0.487 e. The van der Waals surface area contributed by atoms with Crippen molar-refractivity contribution in [2.45, 2.75) is 13.0 Å². The van der Waals surface area contributed by atoms with E-state index in [-0.39, 0.29) is 31.1 Å². The zero-order valence-electron chi connectivity index (χ0n) is 13.1. The molecular formula is C15H15F2N3O4. The first-order chi connectivity index (χ1) is 11.3. The number of amides is 4. The molecule has 1 aromatic carbocycles. The van der Waals surface area contributed by atoms with E-state index in [1.54, 1.807) is 6.92 Å². The summed E-state index contributed by atoms with van der Waals surface area (Å²) in [6.07, 6.45) is -0.426. The maximum absolute atomic E-state index is 13.5. The van der Waals surface area contributed by atoms with Crippen LogP contribution in [0.4, 0.5) is 19.3 Å². The molecular weight excluding hydrogens is 324 g/mol. The molecule has 3 rings (SSSR count). The highest BCUT2D eigenvalue weighted by Gasteiger charge is 2.36. The first-order valence-electron chi connectivity index (χ1n) is 7.29. The molecule has 0 spiro atoms. The molecule has 24 heavy (non-hydrogen) atoms. The third kappa shape index (κ3) is 2.66. The van der Waals surface area contributed by atoms with Gasteiger partial charge in [-0.15, -0.1) is 0 Å². The Morgan fingerprint density at radius 3 is 2.58 bits per heavy atom. The highest BCUT2D eigenvalue weighted by molar-refractivity contribution is 6.05. The first-order valence-corrected chi connectivity index (χ1v) is 7.29. The molecule has 0 N–H and O–H groups in total. The predicted molar refractivity (Wildman–Crippen MR) is 78.5 cm³/mol. The summed E-state index contributed by atoms with van der Waals surface area (Å²) >= 11 is 0. The standard InChI is InChI=1S/C15H15F2N3O4/c1-8-5-20(11-3-9(16)10(17)4-12(11)24-8)14(22)7-19-6-13(21)18(2)15(19)23/h3-4,8H,5-7H2,1-2H3. The molecule has 0 bridgehead atoms. The van der Waals surface area contributed by atoms with Crippen LogP contribution in [-0.2, 0) is 9.59 Å². The van der Waals surface area contributed by atoms with Gasteiger partial charge in [-0.05, 0) is 6.92 Å². The fourth-order valence-corrected chi connectivity index (χ4v) is 2.70. The highest BCUT2D eigenvalue weighted by atomic mass is 19.2. The predicted octanol–water partition coefficient (Wildman–Crippen LogP) is 0.973. The quantitative estimate of drug-likeness (QED) is 0.753. The zero-order chi connectivity index (χ0) is 17.6. The Balaban J connectivity index is 1.85. The van der Waals surface area contributed by atoms with Crippen molar-refractivity contribution in [3.8, 4) is 5.75 Å². The molecule has 1 fully saturated rings. The second-order valence-corrected chi connectivity index (χ2v) is 5.76. The molecule has 2 aliphatic rings. The van der Waals surface area contributed by atoms with Gasteiger partial charge in [0.2, 0.25) is 11.8 Å². The van der Waals surface area contributed by atoms with Crippen LogP contribution in [0.15, 0.2) is 12.1 Å². The lowest BCUT2D eigenvalue weighted by molar-refractivity contribution is -0.124. The van der Waals surface area contributed by atoms with Crippen LogP contribution in [0.5, 0.6) is 5.75 Å². The van der Waals surface area contributed by atoms with Crippen LogP contribution in [0.2, 0.25) is 0 Å². The maximum atomic E-state index is 13.5.